The lowest BCUT2D eigenvalue weighted by Gasteiger charge is -2.10. The van der Waals surface area contributed by atoms with Gasteiger partial charge in [-0.15, -0.1) is 0 Å². The van der Waals surface area contributed by atoms with Gasteiger partial charge in [-0.05, 0) is 12.5 Å². The van der Waals surface area contributed by atoms with E-state index in [2.05, 4.69) is 38.2 Å². The van der Waals surface area contributed by atoms with E-state index in [-0.39, 0.29) is 11.9 Å². The molecule has 86 valence electrons. The second-order valence-electron chi connectivity index (χ2n) is 3.67. The quantitative estimate of drug-likeness (QED) is 0.631. The summed E-state index contributed by atoms with van der Waals surface area (Å²) in [5.41, 5.74) is 0.635. The van der Waals surface area contributed by atoms with Crippen molar-refractivity contribution >= 4 is 45.8 Å². The van der Waals surface area contributed by atoms with Crippen molar-refractivity contribution in [3.63, 3.8) is 0 Å². The number of carbonyl (C=O) groups is 1. The summed E-state index contributed by atoms with van der Waals surface area (Å²) in [5.74, 6) is -0.0248. The van der Waals surface area contributed by atoms with E-state index >= 15 is 0 Å². The molecule has 1 aliphatic heterocycles. The van der Waals surface area contributed by atoms with Crippen molar-refractivity contribution in [1.82, 2.24) is 10.3 Å². The Balaban J connectivity index is 1.97. The number of halogens is 2. The van der Waals surface area contributed by atoms with Crippen LogP contribution < -0.4 is 10.6 Å². The van der Waals surface area contributed by atoms with E-state index in [0.717, 1.165) is 13.0 Å². The molecule has 2 rings (SSSR count). The second-order valence-corrected chi connectivity index (χ2v) is 5.87. The van der Waals surface area contributed by atoms with E-state index in [0.29, 0.717) is 14.6 Å². The number of hydrogen-bond acceptors (Lipinski definition) is 3. The molecule has 0 saturated carbocycles. The van der Waals surface area contributed by atoms with Gasteiger partial charge in [0, 0.05) is 16.7 Å². The molecular weight excluding hydrogens is 340 g/mol. The fraction of sp³-hybridized carbons (Fsp3) is 0.400. The van der Waals surface area contributed by atoms with Crippen LogP contribution in [0, 0.1) is 0 Å². The van der Waals surface area contributed by atoms with E-state index < -0.39 is 0 Å². The molecule has 0 aliphatic carbocycles. The molecule has 1 fully saturated rings. The van der Waals surface area contributed by atoms with E-state index in [4.69, 9.17) is 11.6 Å². The first-order valence-electron chi connectivity index (χ1n) is 4.94. The van der Waals surface area contributed by atoms with Crippen molar-refractivity contribution in [2.45, 2.75) is 16.4 Å². The third kappa shape index (κ3) is 3.05. The highest BCUT2D eigenvalue weighted by Crippen LogP contribution is 2.17. The van der Waals surface area contributed by atoms with Gasteiger partial charge in [-0.3, -0.25) is 9.78 Å². The molecular formula is C10H11ClIN3O. The third-order valence-corrected chi connectivity index (χ3v) is 3.52. The van der Waals surface area contributed by atoms with Crippen molar-refractivity contribution in [2.75, 3.05) is 11.9 Å². The molecule has 4 nitrogen and oxygen atoms in total. The minimum Gasteiger partial charge on any atom is -0.323 e. The van der Waals surface area contributed by atoms with Crippen LogP contribution in [0.2, 0.25) is 5.02 Å². The molecule has 0 aromatic carbocycles. The van der Waals surface area contributed by atoms with Gasteiger partial charge in [-0.1, -0.05) is 34.2 Å². The first kappa shape index (κ1) is 12.1. The van der Waals surface area contributed by atoms with Gasteiger partial charge in [0.25, 0.3) is 0 Å². The molecule has 2 N–H and O–H groups in total. The zero-order valence-corrected chi connectivity index (χ0v) is 11.3. The molecule has 2 heterocycles. The molecule has 0 unspecified atom stereocenters. The third-order valence-electron chi connectivity index (χ3n) is 2.37. The van der Waals surface area contributed by atoms with Gasteiger partial charge in [0.15, 0.2) is 0 Å². The van der Waals surface area contributed by atoms with Gasteiger partial charge in [-0.25, -0.2) is 0 Å². The fourth-order valence-corrected chi connectivity index (χ4v) is 2.54. The molecule has 1 aromatic heterocycles. The van der Waals surface area contributed by atoms with Crippen LogP contribution in [-0.4, -0.2) is 27.4 Å². The molecule has 1 amide bonds. The van der Waals surface area contributed by atoms with Gasteiger partial charge >= 0.3 is 0 Å². The smallest absolute Gasteiger partial charge is 0.241 e. The lowest BCUT2D eigenvalue weighted by Crippen LogP contribution is -2.35. The number of anilines is 1. The Kier molecular flexibility index (Phi) is 3.99. The normalized spacial score (nSPS) is 24.4. The van der Waals surface area contributed by atoms with Crippen molar-refractivity contribution < 1.29 is 4.79 Å². The minimum absolute atomic E-state index is 0.0248. The van der Waals surface area contributed by atoms with Crippen LogP contribution in [0.3, 0.4) is 0 Å². The van der Waals surface area contributed by atoms with E-state index in [9.17, 15) is 4.79 Å². The Bertz CT molecular complexity index is 401. The van der Waals surface area contributed by atoms with Crippen molar-refractivity contribution in [2.24, 2.45) is 0 Å². The Labute approximate surface area is 112 Å². The SMILES string of the molecule is O=C(Nc1cncc(Cl)c1)[C@@H]1C[C@@H](I)CN1. The molecule has 1 aliphatic rings. The summed E-state index contributed by atoms with van der Waals surface area (Å²) in [6.07, 6.45) is 3.98. The molecule has 2 atom stereocenters. The monoisotopic (exact) mass is 351 g/mol. The maximum atomic E-state index is 11.8. The molecule has 0 bridgehead atoms. The topological polar surface area (TPSA) is 54.0 Å². The van der Waals surface area contributed by atoms with E-state index in [1.165, 1.54) is 6.20 Å². The van der Waals surface area contributed by atoms with Crippen molar-refractivity contribution in [3.05, 3.63) is 23.5 Å². The van der Waals surface area contributed by atoms with Crippen LogP contribution in [0.1, 0.15) is 6.42 Å². The van der Waals surface area contributed by atoms with Gasteiger partial charge in [0.2, 0.25) is 5.91 Å². The zero-order chi connectivity index (χ0) is 11.5. The van der Waals surface area contributed by atoms with Crippen LogP contribution in [0.25, 0.3) is 0 Å². The number of pyridine rings is 1. The average Bonchev–Trinajstić information content (AvgIpc) is 2.65. The van der Waals surface area contributed by atoms with Crippen LogP contribution in [0.5, 0.6) is 0 Å². The molecule has 16 heavy (non-hydrogen) atoms. The van der Waals surface area contributed by atoms with Crippen molar-refractivity contribution in [3.8, 4) is 0 Å². The summed E-state index contributed by atoms with van der Waals surface area (Å²) in [4.78, 5) is 15.7. The molecule has 6 heteroatoms. The summed E-state index contributed by atoms with van der Waals surface area (Å²) >= 11 is 8.12. The number of carbonyl (C=O) groups excluding carboxylic acids is 1. The number of alkyl halides is 1. The zero-order valence-electron chi connectivity index (χ0n) is 8.41. The molecule has 1 saturated heterocycles. The number of hydrogen-bond donors (Lipinski definition) is 2. The van der Waals surface area contributed by atoms with Crippen LogP contribution in [0.15, 0.2) is 18.5 Å². The van der Waals surface area contributed by atoms with Crippen LogP contribution in [0.4, 0.5) is 5.69 Å². The summed E-state index contributed by atoms with van der Waals surface area (Å²) in [6, 6.07) is 1.57. The highest BCUT2D eigenvalue weighted by atomic mass is 127. The Morgan fingerprint density at radius 1 is 1.62 bits per heavy atom. The van der Waals surface area contributed by atoms with Crippen LogP contribution >= 0.6 is 34.2 Å². The largest absolute Gasteiger partial charge is 0.323 e. The Morgan fingerprint density at radius 3 is 3.06 bits per heavy atom. The molecule has 1 aromatic rings. The highest BCUT2D eigenvalue weighted by Gasteiger charge is 2.27. The van der Waals surface area contributed by atoms with Gasteiger partial charge < -0.3 is 10.6 Å². The first-order chi connectivity index (χ1) is 7.65. The van der Waals surface area contributed by atoms with Crippen LogP contribution in [-0.2, 0) is 4.79 Å². The summed E-state index contributed by atoms with van der Waals surface area (Å²) in [5, 5.41) is 6.48. The highest BCUT2D eigenvalue weighted by molar-refractivity contribution is 14.1. The average molecular weight is 352 g/mol. The van der Waals surface area contributed by atoms with Gasteiger partial charge in [0.1, 0.15) is 0 Å². The van der Waals surface area contributed by atoms with Crippen molar-refractivity contribution in [1.29, 1.82) is 0 Å². The minimum atomic E-state index is -0.110. The summed E-state index contributed by atoms with van der Waals surface area (Å²) < 4.78 is 0.519. The second kappa shape index (κ2) is 5.29. The first-order valence-corrected chi connectivity index (χ1v) is 6.56. The summed E-state index contributed by atoms with van der Waals surface area (Å²) in [7, 11) is 0. The molecule has 0 radical (unpaired) electrons. The summed E-state index contributed by atoms with van der Waals surface area (Å²) in [6.45, 7) is 0.881. The number of aromatic nitrogens is 1. The Hall–Kier alpha value is -0.400. The fourth-order valence-electron chi connectivity index (χ4n) is 1.60. The van der Waals surface area contributed by atoms with E-state index in [1.807, 2.05) is 0 Å². The number of amides is 1. The van der Waals surface area contributed by atoms with Gasteiger partial charge in [-0.2, -0.15) is 0 Å². The standard InChI is InChI=1S/C10H11ClIN3O/c11-6-1-8(5-13-3-6)15-10(16)9-2-7(12)4-14-9/h1,3,5,7,9,14H,2,4H2,(H,15,16)/t7-,9+/m1/s1. The maximum absolute atomic E-state index is 11.8. The lowest BCUT2D eigenvalue weighted by atomic mass is 10.2. The Morgan fingerprint density at radius 2 is 2.44 bits per heavy atom. The number of rotatable bonds is 2. The lowest BCUT2D eigenvalue weighted by molar-refractivity contribution is -0.117. The molecule has 0 spiro atoms. The maximum Gasteiger partial charge on any atom is 0.241 e. The number of nitrogens with zero attached hydrogens (tertiary/aromatic N) is 1. The predicted molar refractivity (Wildman–Crippen MR) is 72.1 cm³/mol. The van der Waals surface area contributed by atoms with E-state index in [1.54, 1.807) is 12.3 Å². The van der Waals surface area contributed by atoms with Gasteiger partial charge in [0.05, 0.1) is 22.9 Å². The predicted octanol–water partition coefficient (Wildman–Crippen LogP) is 1.84. The number of nitrogens with one attached hydrogen (secondary N) is 2.